The number of imidazole rings is 1. The summed E-state index contributed by atoms with van der Waals surface area (Å²) in [5.41, 5.74) is 3.01. The number of non-ortho nitro benzene ring substituents is 1. The number of carbonyl (C=O) groups is 1. The van der Waals surface area contributed by atoms with Crippen molar-refractivity contribution in [3.8, 4) is 0 Å². The number of aromatic amines is 1. The first-order valence-corrected chi connectivity index (χ1v) is 10.1. The Kier molecular flexibility index (Phi) is 5.78. The van der Waals surface area contributed by atoms with Crippen molar-refractivity contribution in [3.05, 3.63) is 64.5 Å². The van der Waals surface area contributed by atoms with Gasteiger partial charge < -0.3 is 20.1 Å². The smallest absolute Gasteiger partial charge is 0.317 e. The van der Waals surface area contributed by atoms with Gasteiger partial charge in [-0.25, -0.2) is 9.78 Å². The highest BCUT2D eigenvalue weighted by Gasteiger charge is 2.21. The van der Waals surface area contributed by atoms with Gasteiger partial charge in [0.1, 0.15) is 5.82 Å². The molecule has 9 heteroatoms. The first-order chi connectivity index (χ1) is 14.6. The Bertz CT molecular complexity index is 992. The molecule has 0 aliphatic carbocycles. The number of nitro benzene ring substituents is 1. The number of nitrogens with zero attached hydrogens (tertiary/aromatic N) is 4. The molecule has 2 amide bonds. The summed E-state index contributed by atoms with van der Waals surface area (Å²) in [6.45, 7) is 3.23. The van der Waals surface area contributed by atoms with Crippen LogP contribution in [0.4, 0.5) is 16.2 Å². The van der Waals surface area contributed by atoms with Crippen LogP contribution < -0.4 is 10.2 Å². The van der Waals surface area contributed by atoms with E-state index >= 15 is 0 Å². The number of para-hydroxylation sites is 2. The van der Waals surface area contributed by atoms with Crippen molar-refractivity contribution in [2.24, 2.45) is 0 Å². The lowest BCUT2D eigenvalue weighted by atomic mass is 10.2. The molecule has 30 heavy (non-hydrogen) atoms. The molecule has 0 atom stereocenters. The van der Waals surface area contributed by atoms with Gasteiger partial charge >= 0.3 is 6.03 Å². The Morgan fingerprint density at radius 3 is 2.53 bits per heavy atom. The minimum atomic E-state index is -0.403. The number of piperazine rings is 1. The van der Waals surface area contributed by atoms with Crippen LogP contribution in [0.15, 0.2) is 48.5 Å². The highest BCUT2D eigenvalue weighted by atomic mass is 16.6. The molecule has 4 rings (SSSR count). The molecule has 0 saturated carbocycles. The van der Waals surface area contributed by atoms with Crippen LogP contribution in [0.5, 0.6) is 0 Å². The summed E-state index contributed by atoms with van der Waals surface area (Å²) in [5.74, 6) is 0.933. The van der Waals surface area contributed by atoms with Gasteiger partial charge in [-0.2, -0.15) is 0 Å². The number of H-pyrrole nitrogens is 1. The second-order valence-corrected chi connectivity index (χ2v) is 7.28. The van der Waals surface area contributed by atoms with E-state index in [9.17, 15) is 14.9 Å². The van der Waals surface area contributed by atoms with Gasteiger partial charge in [0.25, 0.3) is 5.69 Å². The second-order valence-electron chi connectivity index (χ2n) is 7.28. The summed E-state index contributed by atoms with van der Waals surface area (Å²) >= 11 is 0. The molecule has 1 aromatic heterocycles. The van der Waals surface area contributed by atoms with Gasteiger partial charge in [0, 0.05) is 57.0 Å². The van der Waals surface area contributed by atoms with Gasteiger partial charge in [-0.15, -0.1) is 0 Å². The number of aryl methyl sites for hydroxylation is 1. The maximum Gasteiger partial charge on any atom is 0.317 e. The van der Waals surface area contributed by atoms with Crippen LogP contribution in [0.3, 0.4) is 0 Å². The molecule has 1 aliphatic heterocycles. The summed E-state index contributed by atoms with van der Waals surface area (Å²) in [7, 11) is 0. The lowest BCUT2D eigenvalue weighted by Crippen LogP contribution is -2.52. The van der Waals surface area contributed by atoms with Crippen LogP contribution in [0.2, 0.25) is 0 Å². The molecule has 0 bridgehead atoms. The Balaban J connectivity index is 1.19. The third-order valence-electron chi connectivity index (χ3n) is 5.30. The molecule has 9 nitrogen and oxygen atoms in total. The molecule has 1 fully saturated rings. The Hall–Kier alpha value is -3.62. The molecule has 0 spiro atoms. The van der Waals surface area contributed by atoms with Crippen LogP contribution in [-0.4, -0.2) is 58.5 Å². The predicted molar refractivity (Wildman–Crippen MR) is 115 cm³/mol. The highest BCUT2D eigenvalue weighted by molar-refractivity contribution is 5.75. The summed E-state index contributed by atoms with van der Waals surface area (Å²) in [5, 5.41) is 13.8. The second kappa shape index (κ2) is 8.81. The minimum Gasteiger partial charge on any atom is -0.368 e. The third kappa shape index (κ3) is 4.51. The summed E-state index contributed by atoms with van der Waals surface area (Å²) in [4.78, 5) is 34.6. The van der Waals surface area contributed by atoms with E-state index in [4.69, 9.17) is 0 Å². The number of carbonyl (C=O) groups excluding carboxylic acids is 1. The summed E-state index contributed by atoms with van der Waals surface area (Å²) in [6.07, 6.45) is 1.59. The van der Waals surface area contributed by atoms with Crippen LogP contribution in [0.25, 0.3) is 11.0 Å². The monoisotopic (exact) mass is 408 g/mol. The van der Waals surface area contributed by atoms with Crippen molar-refractivity contribution >= 4 is 28.4 Å². The van der Waals surface area contributed by atoms with Crippen LogP contribution in [0, 0.1) is 10.1 Å². The van der Waals surface area contributed by atoms with Crippen molar-refractivity contribution in [3.63, 3.8) is 0 Å². The van der Waals surface area contributed by atoms with E-state index in [1.54, 1.807) is 12.1 Å². The molecular formula is C21H24N6O3. The number of amides is 2. The third-order valence-corrected chi connectivity index (χ3v) is 5.30. The molecule has 2 heterocycles. The first kappa shape index (κ1) is 19.7. The largest absolute Gasteiger partial charge is 0.368 e. The number of nitrogens with one attached hydrogen (secondary N) is 2. The minimum absolute atomic E-state index is 0.0528. The van der Waals surface area contributed by atoms with Crippen molar-refractivity contribution in [1.29, 1.82) is 0 Å². The number of benzene rings is 2. The van der Waals surface area contributed by atoms with E-state index in [-0.39, 0.29) is 11.7 Å². The molecule has 156 valence electrons. The molecule has 0 radical (unpaired) electrons. The number of hydrogen-bond donors (Lipinski definition) is 2. The molecule has 3 aromatic rings. The van der Waals surface area contributed by atoms with Crippen molar-refractivity contribution in [1.82, 2.24) is 20.2 Å². The fourth-order valence-electron chi connectivity index (χ4n) is 3.64. The normalized spacial score (nSPS) is 14.1. The number of anilines is 1. The van der Waals surface area contributed by atoms with Gasteiger partial charge in [-0.3, -0.25) is 10.1 Å². The summed E-state index contributed by atoms with van der Waals surface area (Å²) in [6, 6.07) is 14.4. The van der Waals surface area contributed by atoms with E-state index in [1.165, 1.54) is 12.1 Å². The maximum atomic E-state index is 12.4. The Labute approximate surface area is 173 Å². The molecule has 1 saturated heterocycles. The molecule has 2 N–H and O–H groups in total. The quantitative estimate of drug-likeness (QED) is 0.370. The Morgan fingerprint density at radius 1 is 1.10 bits per heavy atom. The summed E-state index contributed by atoms with van der Waals surface area (Å²) < 4.78 is 0. The number of hydrogen-bond acceptors (Lipinski definition) is 5. The lowest BCUT2D eigenvalue weighted by molar-refractivity contribution is -0.384. The SMILES string of the molecule is O=C(NCCCc1nc2ccccc2[nH]1)N1CCN(c2ccc([N+](=O)[O-])cc2)CC1. The van der Waals surface area contributed by atoms with Crippen LogP contribution >= 0.6 is 0 Å². The Morgan fingerprint density at radius 2 is 1.83 bits per heavy atom. The van der Waals surface area contributed by atoms with Gasteiger partial charge in [-0.1, -0.05) is 12.1 Å². The van der Waals surface area contributed by atoms with E-state index in [2.05, 4.69) is 20.2 Å². The zero-order chi connectivity index (χ0) is 20.9. The van der Waals surface area contributed by atoms with Gasteiger partial charge in [0.15, 0.2) is 0 Å². The zero-order valence-electron chi connectivity index (χ0n) is 16.6. The van der Waals surface area contributed by atoms with Crippen LogP contribution in [-0.2, 0) is 6.42 Å². The molecular weight excluding hydrogens is 384 g/mol. The number of fused-ring (bicyclic) bond motifs is 1. The highest BCUT2D eigenvalue weighted by Crippen LogP contribution is 2.20. The average Bonchev–Trinajstić information content (AvgIpc) is 3.19. The molecule has 1 aliphatic rings. The van der Waals surface area contributed by atoms with E-state index < -0.39 is 4.92 Å². The number of aromatic nitrogens is 2. The number of nitro groups is 1. The lowest BCUT2D eigenvalue weighted by Gasteiger charge is -2.36. The van der Waals surface area contributed by atoms with E-state index in [0.717, 1.165) is 35.4 Å². The molecule has 2 aromatic carbocycles. The van der Waals surface area contributed by atoms with Gasteiger partial charge in [0.2, 0.25) is 0 Å². The van der Waals surface area contributed by atoms with E-state index in [1.807, 2.05) is 29.2 Å². The van der Waals surface area contributed by atoms with Crippen molar-refractivity contribution < 1.29 is 9.72 Å². The average molecular weight is 408 g/mol. The van der Waals surface area contributed by atoms with E-state index in [0.29, 0.717) is 32.7 Å². The van der Waals surface area contributed by atoms with Crippen molar-refractivity contribution in [2.45, 2.75) is 12.8 Å². The number of urea groups is 1. The fraction of sp³-hybridized carbons (Fsp3) is 0.333. The van der Waals surface area contributed by atoms with Crippen LogP contribution in [0.1, 0.15) is 12.2 Å². The fourth-order valence-corrected chi connectivity index (χ4v) is 3.64. The maximum absolute atomic E-state index is 12.4. The first-order valence-electron chi connectivity index (χ1n) is 10.1. The number of rotatable bonds is 6. The zero-order valence-corrected chi connectivity index (χ0v) is 16.6. The van der Waals surface area contributed by atoms with Gasteiger partial charge in [0.05, 0.1) is 16.0 Å². The van der Waals surface area contributed by atoms with Crippen molar-refractivity contribution in [2.75, 3.05) is 37.6 Å². The predicted octanol–water partition coefficient (Wildman–Crippen LogP) is 2.94. The van der Waals surface area contributed by atoms with Gasteiger partial charge in [-0.05, 0) is 30.7 Å². The topological polar surface area (TPSA) is 107 Å². The molecule has 0 unspecified atom stereocenters. The standard InChI is InChI=1S/C21H24N6O3/c28-21(22-11-3-6-20-23-18-4-1-2-5-19(18)24-20)26-14-12-25(13-15-26)16-7-9-17(10-8-16)27(29)30/h1-2,4-5,7-10H,3,6,11-15H2,(H,22,28)(H,23,24).